The molecular formula is C13H17ClN2. The van der Waals surface area contributed by atoms with Crippen molar-refractivity contribution in [1.29, 1.82) is 0 Å². The zero-order valence-corrected chi connectivity index (χ0v) is 10.5. The molecular weight excluding hydrogens is 220 g/mol. The molecule has 1 heterocycles. The van der Waals surface area contributed by atoms with E-state index in [0.29, 0.717) is 0 Å². The molecule has 1 aliphatic heterocycles. The predicted octanol–water partition coefficient (Wildman–Crippen LogP) is 3.01. The van der Waals surface area contributed by atoms with Crippen LogP contribution in [0.25, 0.3) is 0 Å². The summed E-state index contributed by atoms with van der Waals surface area (Å²) in [5, 5.41) is 4.11. The van der Waals surface area contributed by atoms with E-state index in [9.17, 15) is 0 Å². The third kappa shape index (κ3) is 2.56. The van der Waals surface area contributed by atoms with Crippen molar-refractivity contribution in [3.63, 3.8) is 0 Å². The van der Waals surface area contributed by atoms with Gasteiger partial charge in [-0.15, -0.1) is 0 Å². The van der Waals surface area contributed by atoms with Crippen LogP contribution in [0.5, 0.6) is 0 Å². The highest BCUT2D eigenvalue weighted by Gasteiger charge is 2.23. The number of rotatable bonds is 3. The molecule has 0 spiro atoms. The van der Waals surface area contributed by atoms with Gasteiger partial charge in [-0.2, -0.15) is 0 Å². The summed E-state index contributed by atoms with van der Waals surface area (Å²) in [6, 6.07) is 8.08. The van der Waals surface area contributed by atoms with Gasteiger partial charge >= 0.3 is 0 Å². The number of hydrogen-bond donors (Lipinski definition) is 1. The normalized spacial score (nSPS) is 15.8. The predicted molar refractivity (Wildman–Crippen MR) is 69.4 cm³/mol. The first-order valence-electron chi connectivity index (χ1n) is 5.61. The topological polar surface area (TPSA) is 24.4 Å². The first-order valence-corrected chi connectivity index (χ1v) is 5.99. The number of nitrogens with zero attached hydrogens (tertiary/aromatic N) is 1. The quantitative estimate of drug-likeness (QED) is 0.857. The maximum absolute atomic E-state index is 5.90. The molecule has 1 aromatic carbocycles. The maximum atomic E-state index is 5.90. The van der Waals surface area contributed by atoms with Crippen molar-refractivity contribution in [2.75, 3.05) is 13.1 Å². The number of nitrogens with one attached hydrogen (secondary N) is 1. The molecule has 0 aliphatic carbocycles. The van der Waals surface area contributed by atoms with Crippen LogP contribution in [0.1, 0.15) is 25.8 Å². The van der Waals surface area contributed by atoms with Crippen molar-refractivity contribution in [2.24, 2.45) is 4.99 Å². The van der Waals surface area contributed by atoms with Crippen molar-refractivity contribution in [2.45, 2.75) is 25.7 Å². The molecule has 0 aromatic heterocycles. The Labute approximate surface area is 102 Å². The van der Waals surface area contributed by atoms with Crippen LogP contribution >= 0.6 is 11.6 Å². The molecule has 0 radical (unpaired) electrons. The SMILES string of the molecule is CC(C)(CC1=NCCN1)c1ccc(Cl)cc1. The summed E-state index contributed by atoms with van der Waals surface area (Å²) in [5.41, 5.74) is 1.40. The second-order valence-corrected chi connectivity index (χ2v) is 5.26. The van der Waals surface area contributed by atoms with Crippen molar-refractivity contribution >= 4 is 17.4 Å². The molecule has 0 amide bonds. The molecule has 0 atom stereocenters. The van der Waals surface area contributed by atoms with Crippen molar-refractivity contribution in [3.05, 3.63) is 34.9 Å². The Bertz CT molecular complexity index is 393. The lowest BCUT2D eigenvalue weighted by molar-refractivity contribution is 0.545. The van der Waals surface area contributed by atoms with Gasteiger partial charge in [-0.05, 0) is 23.1 Å². The lowest BCUT2D eigenvalue weighted by Gasteiger charge is -2.25. The summed E-state index contributed by atoms with van der Waals surface area (Å²) < 4.78 is 0. The Morgan fingerprint density at radius 1 is 1.31 bits per heavy atom. The third-order valence-electron chi connectivity index (χ3n) is 2.98. The third-order valence-corrected chi connectivity index (χ3v) is 3.23. The van der Waals surface area contributed by atoms with E-state index in [1.54, 1.807) is 0 Å². The fourth-order valence-electron chi connectivity index (χ4n) is 1.99. The average molecular weight is 237 g/mol. The van der Waals surface area contributed by atoms with Crippen LogP contribution in [-0.2, 0) is 5.41 Å². The fraction of sp³-hybridized carbons (Fsp3) is 0.462. The first-order chi connectivity index (χ1) is 7.58. The van der Waals surface area contributed by atoms with E-state index in [4.69, 9.17) is 11.6 Å². The van der Waals surface area contributed by atoms with Gasteiger partial charge in [0.05, 0.1) is 12.4 Å². The summed E-state index contributed by atoms with van der Waals surface area (Å²) in [6.07, 6.45) is 0.953. The Morgan fingerprint density at radius 2 is 2.00 bits per heavy atom. The van der Waals surface area contributed by atoms with Crippen LogP contribution in [0, 0.1) is 0 Å². The van der Waals surface area contributed by atoms with Gasteiger partial charge in [0, 0.05) is 18.0 Å². The molecule has 3 heteroatoms. The van der Waals surface area contributed by atoms with Crippen LogP contribution < -0.4 is 5.32 Å². The lowest BCUT2D eigenvalue weighted by atomic mass is 9.81. The average Bonchev–Trinajstić information content (AvgIpc) is 2.70. The summed E-state index contributed by atoms with van der Waals surface area (Å²) in [7, 11) is 0. The second-order valence-electron chi connectivity index (χ2n) is 4.82. The molecule has 0 fully saturated rings. The lowest BCUT2D eigenvalue weighted by Crippen LogP contribution is -2.28. The van der Waals surface area contributed by atoms with E-state index < -0.39 is 0 Å². The first kappa shape index (κ1) is 11.5. The van der Waals surface area contributed by atoms with Gasteiger partial charge in [0.25, 0.3) is 0 Å². The fourth-order valence-corrected chi connectivity index (χ4v) is 2.11. The number of benzene rings is 1. The van der Waals surface area contributed by atoms with E-state index in [1.807, 2.05) is 12.1 Å². The van der Waals surface area contributed by atoms with Crippen LogP contribution in [0.2, 0.25) is 5.02 Å². The van der Waals surface area contributed by atoms with E-state index in [1.165, 1.54) is 5.56 Å². The summed E-state index contributed by atoms with van der Waals surface area (Å²) in [6.45, 7) is 6.36. The highest BCUT2D eigenvalue weighted by molar-refractivity contribution is 6.30. The van der Waals surface area contributed by atoms with Crippen LogP contribution in [0.3, 0.4) is 0 Å². The van der Waals surface area contributed by atoms with Crippen molar-refractivity contribution in [3.8, 4) is 0 Å². The van der Waals surface area contributed by atoms with E-state index >= 15 is 0 Å². The van der Waals surface area contributed by atoms with Gasteiger partial charge in [0.2, 0.25) is 0 Å². The molecule has 0 saturated carbocycles. The monoisotopic (exact) mass is 236 g/mol. The molecule has 1 aromatic rings. The Morgan fingerprint density at radius 3 is 2.56 bits per heavy atom. The highest BCUT2D eigenvalue weighted by atomic mass is 35.5. The minimum absolute atomic E-state index is 0.0980. The molecule has 86 valence electrons. The number of aliphatic imine (C=N–C) groups is 1. The van der Waals surface area contributed by atoms with Gasteiger partial charge in [0.1, 0.15) is 0 Å². The molecule has 2 nitrogen and oxygen atoms in total. The highest BCUT2D eigenvalue weighted by Crippen LogP contribution is 2.28. The molecule has 16 heavy (non-hydrogen) atoms. The summed E-state index contributed by atoms with van der Waals surface area (Å²) in [5.74, 6) is 1.12. The molecule has 0 saturated heterocycles. The zero-order chi connectivity index (χ0) is 11.6. The van der Waals surface area contributed by atoms with Crippen molar-refractivity contribution < 1.29 is 0 Å². The largest absolute Gasteiger partial charge is 0.372 e. The molecule has 1 aliphatic rings. The minimum atomic E-state index is 0.0980. The van der Waals surface area contributed by atoms with Gasteiger partial charge in [0.15, 0.2) is 0 Å². The Kier molecular flexibility index (Phi) is 3.20. The zero-order valence-electron chi connectivity index (χ0n) is 9.76. The van der Waals surface area contributed by atoms with E-state index in [-0.39, 0.29) is 5.41 Å². The van der Waals surface area contributed by atoms with Gasteiger partial charge in [-0.3, -0.25) is 4.99 Å². The standard InChI is InChI=1S/C13H17ClN2/c1-13(2,9-12-15-7-8-16-12)10-3-5-11(14)6-4-10/h3-6H,7-9H2,1-2H3,(H,15,16). The molecule has 0 bridgehead atoms. The van der Waals surface area contributed by atoms with E-state index in [2.05, 4.69) is 36.3 Å². The Balaban J connectivity index is 2.14. The van der Waals surface area contributed by atoms with Crippen LogP contribution in [0.15, 0.2) is 29.3 Å². The van der Waals surface area contributed by atoms with Gasteiger partial charge in [-0.25, -0.2) is 0 Å². The minimum Gasteiger partial charge on any atom is -0.372 e. The molecule has 0 unspecified atom stereocenters. The summed E-state index contributed by atoms with van der Waals surface area (Å²) in [4.78, 5) is 4.44. The van der Waals surface area contributed by atoms with Crippen molar-refractivity contribution in [1.82, 2.24) is 5.32 Å². The Hall–Kier alpha value is -1.02. The van der Waals surface area contributed by atoms with Gasteiger partial charge < -0.3 is 5.32 Å². The van der Waals surface area contributed by atoms with Crippen LogP contribution in [0.4, 0.5) is 0 Å². The summed E-state index contributed by atoms with van der Waals surface area (Å²) >= 11 is 5.90. The smallest absolute Gasteiger partial charge is 0.0973 e. The van der Waals surface area contributed by atoms with Gasteiger partial charge in [-0.1, -0.05) is 37.6 Å². The number of hydrogen-bond acceptors (Lipinski definition) is 2. The molecule has 1 N–H and O–H groups in total. The second kappa shape index (κ2) is 4.46. The van der Waals surface area contributed by atoms with E-state index in [0.717, 1.165) is 30.4 Å². The number of amidine groups is 1. The van der Waals surface area contributed by atoms with Crippen LogP contribution in [-0.4, -0.2) is 18.9 Å². The maximum Gasteiger partial charge on any atom is 0.0973 e. The molecule has 2 rings (SSSR count). The number of halogens is 1.